The van der Waals surface area contributed by atoms with Crippen LogP contribution in [0.25, 0.3) is 0 Å². The number of nitrogens with zero attached hydrogens (tertiary/aromatic N) is 2. The van der Waals surface area contributed by atoms with Gasteiger partial charge in [-0.15, -0.1) is 0 Å². The maximum absolute atomic E-state index is 12.6. The fraction of sp³-hybridized carbons (Fsp3) is 0.833. The van der Waals surface area contributed by atoms with Crippen molar-refractivity contribution in [2.24, 2.45) is 0 Å². The highest BCUT2D eigenvalue weighted by molar-refractivity contribution is 5.95. The molecule has 314 valence electrons. The first kappa shape index (κ1) is 50.1. The van der Waals surface area contributed by atoms with Gasteiger partial charge in [0.1, 0.15) is 0 Å². The van der Waals surface area contributed by atoms with Gasteiger partial charge in [-0.1, -0.05) is 174 Å². The molecule has 1 aromatic rings. The quantitative estimate of drug-likeness (QED) is 0.0491. The minimum absolute atomic E-state index is 0.378. The van der Waals surface area contributed by atoms with Gasteiger partial charge in [0.2, 0.25) is 0 Å². The zero-order valence-corrected chi connectivity index (χ0v) is 36.3. The van der Waals surface area contributed by atoms with E-state index >= 15 is 0 Å². The summed E-state index contributed by atoms with van der Waals surface area (Å²) in [5, 5.41) is 0. The minimum Gasteiger partial charge on any atom is -0.462 e. The van der Waals surface area contributed by atoms with E-state index in [2.05, 4.69) is 37.7 Å². The zero-order valence-electron chi connectivity index (χ0n) is 36.3. The van der Waals surface area contributed by atoms with Crippen LogP contribution in [0, 0.1) is 0 Å². The molecule has 0 unspecified atom stereocenters. The van der Waals surface area contributed by atoms with Gasteiger partial charge in [0, 0.05) is 0 Å². The monoisotopic (exact) mass is 757 g/mol. The van der Waals surface area contributed by atoms with Gasteiger partial charge in [-0.3, -0.25) is 0 Å². The Bertz CT molecular complexity index is 912. The molecule has 54 heavy (non-hydrogen) atoms. The van der Waals surface area contributed by atoms with Crippen LogP contribution >= 0.6 is 0 Å². The van der Waals surface area contributed by atoms with Crippen molar-refractivity contribution in [3.05, 3.63) is 35.4 Å². The Hall–Kier alpha value is -1.92. The molecule has 6 heteroatoms. The smallest absolute Gasteiger partial charge is 0.338 e. The van der Waals surface area contributed by atoms with Crippen molar-refractivity contribution < 1.29 is 19.1 Å². The Morgan fingerprint density at radius 2 is 0.667 bits per heavy atom. The van der Waals surface area contributed by atoms with Gasteiger partial charge in [-0.25, -0.2) is 9.59 Å². The number of benzene rings is 1. The lowest BCUT2D eigenvalue weighted by Crippen LogP contribution is -2.21. The van der Waals surface area contributed by atoms with Gasteiger partial charge in [0.15, 0.2) is 0 Å². The van der Waals surface area contributed by atoms with Crippen LogP contribution < -0.4 is 0 Å². The van der Waals surface area contributed by atoms with Crippen molar-refractivity contribution in [1.82, 2.24) is 9.80 Å². The SMILES string of the molecule is CCCCCCCCCCCCCCCN(C)CCCCOC(=O)c1cccc(C(=O)OCCCCN(C)CCCCCCCCCCCCCCC)c1. The van der Waals surface area contributed by atoms with E-state index in [1.165, 1.54) is 167 Å². The summed E-state index contributed by atoms with van der Waals surface area (Å²) in [5.41, 5.74) is 0.803. The molecular formula is C48H88N2O4. The van der Waals surface area contributed by atoms with Crippen LogP contribution in [0.1, 0.15) is 227 Å². The molecule has 0 bridgehead atoms. The van der Waals surface area contributed by atoms with Gasteiger partial charge in [-0.2, -0.15) is 0 Å². The molecule has 1 rings (SSSR count). The number of rotatable bonds is 40. The van der Waals surface area contributed by atoms with Crippen molar-refractivity contribution in [2.45, 2.75) is 206 Å². The van der Waals surface area contributed by atoms with E-state index in [1.54, 1.807) is 24.3 Å². The van der Waals surface area contributed by atoms with E-state index in [0.717, 1.165) is 51.9 Å². The number of carbonyl (C=O) groups excluding carboxylic acids is 2. The summed E-state index contributed by atoms with van der Waals surface area (Å²) in [5.74, 6) is -0.756. The largest absolute Gasteiger partial charge is 0.462 e. The van der Waals surface area contributed by atoms with Crippen molar-refractivity contribution in [3.63, 3.8) is 0 Å². The van der Waals surface area contributed by atoms with Gasteiger partial charge in [0.25, 0.3) is 0 Å². The molecule has 0 atom stereocenters. The third-order valence-corrected chi connectivity index (χ3v) is 11.0. The van der Waals surface area contributed by atoms with Crippen LogP contribution in [-0.4, -0.2) is 75.2 Å². The molecule has 6 nitrogen and oxygen atoms in total. The second-order valence-electron chi connectivity index (χ2n) is 16.4. The maximum Gasteiger partial charge on any atom is 0.338 e. The number of carbonyl (C=O) groups is 2. The van der Waals surface area contributed by atoms with Gasteiger partial charge in [0.05, 0.1) is 24.3 Å². The van der Waals surface area contributed by atoms with Crippen LogP contribution in [0.3, 0.4) is 0 Å². The topological polar surface area (TPSA) is 59.1 Å². The summed E-state index contributed by atoms with van der Waals surface area (Å²) in [6.07, 6.45) is 39.7. The standard InChI is InChI=1S/C48H88N2O4/c1-5-7-9-11-13-15-17-19-21-23-25-27-29-38-49(3)40-31-33-42-53-47(51)45-36-35-37-46(44-45)48(52)54-43-34-32-41-50(4)39-30-28-26-24-22-20-18-16-14-12-10-8-6-2/h35-37,44H,5-34,38-43H2,1-4H3. The Balaban J connectivity index is 2.00. The molecule has 0 amide bonds. The van der Waals surface area contributed by atoms with Crippen LogP contribution in [-0.2, 0) is 9.47 Å². The second-order valence-corrected chi connectivity index (χ2v) is 16.4. The highest BCUT2D eigenvalue weighted by atomic mass is 16.5. The molecular weight excluding hydrogens is 669 g/mol. The minimum atomic E-state index is -0.378. The zero-order chi connectivity index (χ0) is 39.2. The highest BCUT2D eigenvalue weighted by Gasteiger charge is 2.13. The molecule has 0 heterocycles. The highest BCUT2D eigenvalue weighted by Crippen LogP contribution is 2.15. The Kier molecular flexibility index (Phi) is 35.2. The summed E-state index contributed by atoms with van der Waals surface area (Å²) in [6.45, 7) is 9.67. The number of hydrogen-bond acceptors (Lipinski definition) is 6. The fourth-order valence-corrected chi connectivity index (χ4v) is 7.26. The van der Waals surface area contributed by atoms with Gasteiger partial charge < -0.3 is 19.3 Å². The molecule has 0 aromatic heterocycles. The Labute approximate surface area is 335 Å². The van der Waals surface area contributed by atoms with E-state index in [0.29, 0.717) is 24.3 Å². The first-order valence-corrected chi connectivity index (χ1v) is 23.3. The number of hydrogen-bond donors (Lipinski definition) is 0. The van der Waals surface area contributed by atoms with Crippen LogP contribution in [0.5, 0.6) is 0 Å². The summed E-state index contributed by atoms with van der Waals surface area (Å²) < 4.78 is 11.1. The molecule has 0 aliphatic carbocycles. The summed E-state index contributed by atoms with van der Waals surface area (Å²) in [7, 11) is 4.38. The molecule has 0 N–H and O–H groups in total. The van der Waals surface area contributed by atoms with Gasteiger partial charge >= 0.3 is 11.9 Å². The lowest BCUT2D eigenvalue weighted by molar-refractivity contribution is 0.0494. The normalized spacial score (nSPS) is 11.5. The average Bonchev–Trinajstić information content (AvgIpc) is 3.18. The maximum atomic E-state index is 12.6. The lowest BCUT2D eigenvalue weighted by Gasteiger charge is -2.16. The van der Waals surface area contributed by atoms with Gasteiger partial charge in [-0.05, 0) is 97.0 Å². The van der Waals surface area contributed by atoms with Crippen molar-refractivity contribution >= 4 is 11.9 Å². The van der Waals surface area contributed by atoms with Crippen molar-refractivity contribution in [2.75, 3.05) is 53.5 Å². The van der Waals surface area contributed by atoms with Crippen LogP contribution in [0.4, 0.5) is 0 Å². The molecule has 0 fully saturated rings. The molecule has 0 radical (unpaired) electrons. The predicted molar refractivity (Wildman–Crippen MR) is 232 cm³/mol. The van der Waals surface area contributed by atoms with Crippen LogP contribution in [0.15, 0.2) is 24.3 Å². The average molecular weight is 757 g/mol. The Morgan fingerprint density at radius 3 is 0.963 bits per heavy atom. The van der Waals surface area contributed by atoms with E-state index in [1.807, 2.05) is 0 Å². The first-order valence-electron chi connectivity index (χ1n) is 23.3. The molecule has 0 aliphatic rings. The third kappa shape index (κ3) is 31.3. The number of ether oxygens (including phenoxy) is 2. The third-order valence-electron chi connectivity index (χ3n) is 11.0. The van der Waals surface area contributed by atoms with Crippen molar-refractivity contribution in [3.8, 4) is 0 Å². The van der Waals surface area contributed by atoms with E-state index in [9.17, 15) is 9.59 Å². The molecule has 0 spiro atoms. The first-order chi connectivity index (χ1) is 26.5. The summed E-state index contributed by atoms with van der Waals surface area (Å²) >= 11 is 0. The molecule has 1 aromatic carbocycles. The Morgan fingerprint density at radius 1 is 0.407 bits per heavy atom. The molecule has 0 saturated heterocycles. The summed E-state index contributed by atoms with van der Waals surface area (Å²) in [4.78, 5) is 30.1. The summed E-state index contributed by atoms with van der Waals surface area (Å²) in [6, 6.07) is 6.73. The number of unbranched alkanes of at least 4 members (excludes halogenated alkanes) is 26. The van der Waals surface area contributed by atoms with Crippen molar-refractivity contribution in [1.29, 1.82) is 0 Å². The molecule has 0 saturated carbocycles. The van der Waals surface area contributed by atoms with Crippen LogP contribution in [0.2, 0.25) is 0 Å². The molecule has 0 aliphatic heterocycles. The van der Waals surface area contributed by atoms with E-state index in [4.69, 9.17) is 9.47 Å². The fourth-order valence-electron chi connectivity index (χ4n) is 7.26. The number of esters is 2. The van der Waals surface area contributed by atoms with E-state index in [-0.39, 0.29) is 11.9 Å². The predicted octanol–water partition coefficient (Wildman–Crippen LogP) is 13.6. The second kappa shape index (κ2) is 38.0. The van der Waals surface area contributed by atoms with E-state index < -0.39 is 0 Å². The lowest BCUT2D eigenvalue weighted by atomic mass is 10.0.